The molecule has 0 aliphatic carbocycles. The first-order chi connectivity index (χ1) is 0. The van der Waals surface area contributed by atoms with Gasteiger partial charge in [0, 0.05) is 33.0 Å². The minimum absolute atomic E-state index is 0. The van der Waals surface area contributed by atoms with E-state index in [0.29, 0.717) is 0 Å². The Morgan fingerprint density at radius 1 is 0.429 bits per heavy atom. The van der Waals surface area contributed by atoms with Crippen LogP contribution in [0.1, 0.15) is 0 Å². The van der Waals surface area contributed by atoms with Gasteiger partial charge >= 0.3 is 65.4 Å². The van der Waals surface area contributed by atoms with E-state index in [9.17, 15) is 0 Å². The van der Waals surface area contributed by atoms with Crippen LogP contribution in [0.2, 0.25) is 0 Å². The van der Waals surface area contributed by atoms with Crippen molar-refractivity contribution < 1.29 is 115 Å². The monoisotopic (exact) mass is 342 g/mol. The molecule has 0 saturated heterocycles. The van der Waals surface area contributed by atoms with E-state index in [1.165, 1.54) is 0 Å². The van der Waals surface area contributed by atoms with Gasteiger partial charge in [-0.25, -0.2) is 0 Å². The van der Waals surface area contributed by atoms with Crippen LogP contribution in [-0.2, 0) is 115 Å². The summed E-state index contributed by atoms with van der Waals surface area (Å²) in [6, 6.07) is 0. The molecule has 0 saturated carbocycles. The Hall–Kier alpha value is 3.07. The molecule has 0 atom stereocenters. The minimum Gasteiger partial charge on any atom is -2.00 e. The molecule has 0 aromatic heterocycles. The predicted molar refractivity (Wildman–Crippen MR) is 2.06 cm³/mol. The minimum atomic E-state index is 0. The molecule has 0 rings (SSSR count). The van der Waals surface area contributed by atoms with Gasteiger partial charge in [0.15, 0.2) is 0 Å². The molecule has 0 aliphatic heterocycles. The second kappa shape index (κ2) is 62.6. The van der Waals surface area contributed by atoms with Crippen molar-refractivity contribution in [3.05, 3.63) is 0 Å². The summed E-state index contributed by atoms with van der Waals surface area (Å²) < 4.78 is 0. The summed E-state index contributed by atoms with van der Waals surface area (Å²) in [7, 11) is 0. The van der Waals surface area contributed by atoms with Gasteiger partial charge in [-0.1, -0.05) is 0 Å². The van der Waals surface area contributed by atoms with E-state index in [0.717, 1.165) is 0 Å². The molecule has 0 N–H and O–H groups in total. The number of hydrogen-bond donors (Lipinski definition) is 0. The van der Waals surface area contributed by atoms with Gasteiger partial charge in [0.05, 0.1) is 0 Å². The maximum Gasteiger partial charge on any atom is 3.00 e. The molecule has 0 fully saturated rings. The van der Waals surface area contributed by atoms with Crippen molar-refractivity contribution in [2.75, 3.05) is 0 Å². The fourth-order valence-corrected chi connectivity index (χ4v) is 0. The van der Waals surface area contributed by atoms with E-state index in [4.69, 9.17) is 0 Å². The largest absolute Gasteiger partial charge is 3.00 e. The van der Waals surface area contributed by atoms with Crippen molar-refractivity contribution in [1.29, 1.82) is 0 Å². The Bertz CT molecular complexity index is 10.9. The second-order valence-corrected chi connectivity index (χ2v) is 0. The molecule has 3 nitrogen and oxygen atoms in total. The summed E-state index contributed by atoms with van der Waals surface area (Å²) in [5, 5.41) is 0. The summed E-state index contributed by atoms with van der Waals surface area (Å²) in [6.45, 7) is 0. The topological polar surface area (TPSA) is 85.5 Å². The van der Waals surface area contributed by atoms with E-state index < -0.39 is 0 Å². The molecule has 0 unspecified atom stereocenters. The van der Waals surface area contributed by atoms with Crippen molar-refractivity contribution in [1.82, 2.24) is 0 Å². The third-order valence-electron chi connectivity index (χ3n) is 0. The summed E-state index contributed by atoms with van der Waals surface area (Å²) >= 11 is 0. The van der Waals surface area contributed by atoms with Crippen LogP contribution >= 0.6 is 0 Å². The summed E-state index contributed by atoms with van der Waals surface area (Å²) in [5.74, 6) is 0. The first-order valence-corrected chi connectivity index (χ1v) is 0. The Kier molecular flexibility index (Phi) is 785. The van der Waals surface area contributed by atoms with E-state index in [-0.39, 0.29) is 115 Å². The van der Waals surface area contributed by atoms with Gasteiger partial charge in [0.25, 0.3) is 0 Å². The average Bonchev–Trinajstić information content (AvgIpc) is 0. The summed E-state index contributed by atoms with van der Waals surface area (Å²) in [4.78, 5) is 0. The average molecular weight is 343 g/mol. The van der Waals surface area contributed by atoms with E-state index >= 15 is 0 Å². The van der Waals surface area contributed by atoms with Crippen LogP contribution in [0.5, 0.6) is 0 Å². The third-order valence-corrected chi connectivity index (χ3v) is 0. The smallest absolute Gasteiger partial charge is 2.00 e. The molecule has 7 heavy (non-hydrogen) atoms. The number of hydrogen-bond acceptors (Lipinski definition) is 0. The zero-order valence-electron chi connectivity index (χ0n) is 3.01. The van der Waals surface area contributed by atoms with Crippen LogP contribution in [0.4, 0.5) is 0 Å². The molecule has 0 bridgehead atoms. The van der Waals surface area contributed by atoms with Crippen LogP contribution in [0, 0.1) is 0 Å². The van der Waals surface area contributed by atoms with Gasteiger partial charge in [0.1, 0.15) is 0 Å². The van der Waals surface area contributed by atoms with Crippen molar-refractivity contribution in [3.8, 4) is 0 Å². The molecule has 0 heterocycles. The summed E-state index contributed by atoms with van der Waals surface area (Å²) in [5.41, 5.74) is 0. The van der Waals surface area contributed by atoms with E-state index in [1.54, 1.807) is 0 Å². The zero-order valence-corrected chi connectivity index (χ0v) is 10.7. The molecule has 0 radical (unpaired) electrons. The second-order valence-electron chi connectivity index (χ2n) is 0. The third kappa shape index (κ3) is 48.0. The standard InChI is InChI=1S/2Ni.3O.2Y/q;;3*-2;2*+3. The SMILES string of the molecule is [Ni].[Ni].[O-2].[O-2].[O-2].[Y+3].[Y+3]. The molecule has 0 amide bonds. The normalized spacial score (nSPS) is 0. The molecular formula is Ni2O3Y2. The molecule has 0 aromatic carbocycles. The Morgan fingerprint density at radius 3 is 0.429 bits per heavy atom. The van der Waals surface area contributed by atoms with E-state index in [2.05, 4.69) is 0 Å². The van der Waals surface area contributed by atoms with Crippen molar-refractivity contribution in [3.63, 3.8) is 0 Å². The summed E-state index contributed by atoms with van der Waals surface area (Å²) in [6.07, 6.45) is 0. The molecule has 0 aliphatic rings. The molecule has 0 spiro atoms. The first-order valence-electron chi connectivity index (χ1n) is 0. The van der Waals surface area contributed by atoms with Gasteiger partial charge in [0.2, 0.25) is 0 Å². The van der Waals surface area contributed by atoms with Crippen molar-refractivity contribution in [2.45, 2.75) is 0 Å². The fourth-order valence-electron chi connectivity index (χ4n) is 0. The fraction of sp³-hybridized carbons (Fsp3) is 0. The van der Waals surface area contributed by atoms with Gasteiger partial charge in [-0.3, -0.25) is 0 Å². The van der Waals surface area contributed by atoms with Crippen LogP contribution < -0.4 is 0 Å². The molecule has 0 aromatic rings. The zero-order chi connectivity index (χ0) is 0. The quantitative estimate of drug-likeness (QED) is 0.538. The molecule has 7 heteroatoms. The predicted octanol–water partition coefficient (Wildman–Crippen LogP) is -0.366. The van der Waals surface area contributed by atoms with Crippen LogP contribution in [0.3, 0.4) is 0 Å². The molecular weight excluding hydrogens is 343 g/mol. The Morgan fingerprint density at radius 2 is 0.429 bits per heavy atom. The van der Waals surface area contributed by atoms with Crippen molar-refractivity contribution in [2.24, 2.45) is 0 Å². The van der Waals surface area contributed by atoms with Crippen LogP contribution in [0.25, 0.3) is 0 Å². The maximum absolute atomic E-state index is 0. The Balaban J connectivity index is 0. The van der Waals surface area contributed by atoms with Gasteiger partial charge in [-0.05, 0) is 0 Å². The first kappa shape index (κ1) is 87.8. The van der Waals surface area contributed by atoms with Gasteiger partial charge < -0.3 is 16.4 Å². The van der Waals surface area contributed by atoms with Crippen molar-refractivity contribution >= 4 is 0 Å². The van der Waals surface area contributed by atoms with Crippen LogP contribution in [-0.4, -0.2) is 0 Å². The maximum atomic E-state index is 0. The molecule has 44 valence electrons. The van der Waals surface area contributed by atoms with E-state index in [1.807, 2.05) is 0 Å². The van der Waals surface area contributed by atoms with Crippen LogP contribution in [0.15, 0.2) is 0 Å². The number of rotatable bonds is 0. The Labute approximate surface area is 113 Å². The van der Waals surface area contributed by atoms with Gasteiger partial charge in [-0.2, -0.15) is 0 Å². The van der Waals surface area contributed by atoms with Gasteiger partial charge in [-0.15, -0.1) is 0 Å².